The van der Waals surface area contributed by atoms with Gasteiger partial charge in [0.1, 0.15) is 5.69 Å². The lowest BCUT2D eigenvalue weighted by molar-refractivity contribution is 0.0624. The molecule has 1 aliphatic rings. The van der Waals surface area contributed by atoms with Crippen LogP contribution in [0.15, 0.2) is 12.3 Å². The maximum absolute atomic E-state index is 12.6. The molecule has 1 saturated heterocycles. The largest absolute Gasteiger partial charge is 0.397 e. The zero-order valence-corrected chi connectivity index (χ0v) is 11.4. The number of anilines is 1. The smallest absolute Gasteiger partial charge is 0.270 e. The first kappa shape index (κ1) is 13.0. The second kappa shape index (κ2) is 5.46. The highest BCUT2D eigenvalue weighted by Gasteiger charge is 2.26. The van der Waals surface area contributed by atoms with Crippen LogP contribution in [0, 0.1) is 0 Å². The van der Waals surface area contributed by atoms with Crippen LogP contribution in [-0.2, 0) is 6.54 Å². The Labute approximate surface area is 109 Å². The molecule has 100 valence electrons. The Bertz CT molecular complexity index is 425. The highest BCUT2D eigenvalue weighted by Crippen LogP contribution is 2.21. The maximum atomic E-state index is 12.6. The number of aromatic nitrogens is 1. The fraction of sp³-hybridized carbons (Fsp3) is 0.643. The van der Waals surface area contributed by atoms with Gasteiger partial charge in [0, 0.05) is 25.3 Å². The van der Waals surface area contributed by atoms with Gasteiger partial charge in [0.05, 0.1) is 5.69 Å². The number of hydrogen-bond acceptors (Lipinski definition) is 2. The van der Waals surface area contributed by atoms with Crippen molar-refractivity contribution in [3.05, 3.63) is 18.0 Å². The fourth-order valence-corrected chi connectivity index (χ4v) is 2.68. The van der Waals surface area contributed by atoms with E-state index in [2.05, 4.69) is 13.8 Å². The van der Waals surface area contributed by atoms with E-state index in [-0.39, 0.29) is 5.91 Å². The van der Waals surface area contributed by atoms with E-state index in [0.29, 0.717) is 11.7 Å². The quantitative estimate of drug-likeness (QED) is 0.894. The number of amides is 1. The Morgan fingerprint density at radius 1 is 1.50 bits per heavy atom. The third kappa shape index (κ3) is 2.52. The molecule has 0 spiro atoms. The van der Waals surface area contributed by atoms with Gasteiger partial charge in [-0.1, -0.05) is 6.92 Å². The van der Waals surface area contributed by atoms with Crippen molar-refractivity contribution in [3.63, 3.8) is 0 Å². The lowest BCUT2D eigenvalue weighted by Gasteiger charge is -2.33. The van der Waals surface area contributed by atoms with Crippen molar-refractivity contribution < 1.29 is 4.79 Å². The Hall–Kier alpha value is -1.45. The Morgan fingerprint density at radius 2 is 2.28 bits per heavy atom. The van der Waals surface area contributed by atoms with Crippen molar-refractivity contribution in [2.45, 2.75) is 52.1 Å². The van der Waals surface area contributed by atoms with Crippen LogP contribution in [0.1, 0.15) is 50.0 Å². The maximum Gasteiger partial charge on any atom is 0.270 e. The molecule has 1 aromatic heterocycles. The summed E-state index contributed by atoms with van der Waals surface area (Å²) >= 11 is 0. The summed E-state index contributed by atoms with van der Waals surface area (Å²) in [7, 11) is 0. The third-order valence-electron chi connectivity index (χ3n) is 3.67. The van der Waals surface area contributed by atoms with E-state index >= 15 is 0 Å². The molecule has 1 aromatic rings. The number of rotatable bonds is 3. The lowest BCUT2D eigenvalue weighted by atomic mass is 10.0. The molecule has 4 heteroatoms. The molecule has 0 saturated carbocycles. The first-order chi connectivity index (χ1) is 8.63. The number of carbonyl (C=O) groups excluding carboxylic acids is 1. The number of piperidine rings is 1. The summed E-state index contributed by atoms with van der Waals surface area (Å²) in [4.78, 5) is 14.6. The molecule has 2 heterocycles. The molecule has 4 nitrogen and oxygen atoms in total. The summed E-state index contributed by atoms with van der Waals surface area (Å²) in [5.74, 6) is 0.132. The topological polar surface area (TPSA) is 51.3 Å². The van der Waals surface area contributed by atoms with E-state index in [9.17, 15) is 4.79 Å². The van der Waals surface area contributed by atoms with Crippen LogP contribution in [0.3, 0.4) is 0 Å². The predicted octanol–water partition coefficient (Wildman–Crippen LogP) is 2.49. The van der Waals surface area contributed by atoms with Crippen molar-refractivity contribution in [2.75, 3.05) is 12.3 Å². The Kier molecular flexibility index (Phi) is 3.94. The standard InChI is InChI=1S/C14H23N3O/c1-3-7-16-10-12(15)9-13(16)14(18)17-8-5-4-6-11(17)2/h9-11H,3-8,15H2,1-2H3. The number of carbonyl (C=O) groups is 1. The number of aryl methyl sites for hydroxylation is 1. The zero-order valence-electron chi connectivity index (χ0n) is 11.4. The molecule has 2 rings (SSSR count). The summed E-state index contributed by atoms with van der Waals surface area (Å²) in [5, 5.41) is 0. The molecule has 0 aliphatic carbocycles. The predicted molar refractivity (Wildman–Crippen MR) is 73.5 cm³/mol. The zero-order chi connectivity index (χ0) is 13.1. The van der Waals surface area contributed by atoms with Gasteiger partial charge in [-0.05, 0) is 38.7 Å². The molecular formula is C14H23N3O. The number of nitrogens with zero attached hydrogens (tertiary/aromatic N) is 2. The van der Waals surface area contributed by atoms with Gasteiger partial charge in [0.25, 0.3) is 5.91 Å². The van der Waals surface area contributed by atoms with Gasteiger partial charge in [0.2, 0.25) is 0 Å². The van der Waals surface area contributed by atoms with Crippen LogP contribution >= 0.6 is 0 Å². The Balaban J connectivity index is 2.21. The summed E-state index contributed by atoms with van der Waals surface area (Å²) in [6.45, 7) is 5.96. The monoisotopic (exact) mass is 249 g/mol. The summed E-state index contributed by atoms with van der Waals surface area (Å²) in [5.41, 5.74) is 7.24. The van der Waals surface area contributed by atoms with Crippen LogP contribution in [0.4, 0.5) is 5.69 Å². The first-order valence-corrected chi connectivity index (χ1v) is 6.90. The number of hydrogen-bond donors (Lipinski definition) is 1. The second-order valence-electron chi connectivity index (χ2n) is 5.20. The molecule has 0 radical (unpaired) electrons. The van der Waals surface area contributed by atoms with Gasteiger partial charge in [0.15, 0.2) is 0 Å². The van der Waals surface area contributed by atoms with E-state index < -0.39 is 0 Å². The van der Waals surface area contributed by atoms with Crippen LogP contribution in [0.5, 0.6) is 0 Å². The minimum Gasteiger partial charge on any atom is -0.397 e. The second-order valence-corrected chi connectivity index (χ2v) is 5.20. The van der Waals surface area contributed by atoms with Gasteiger partial charge in [-0.25, -0.2) is 0 Å². The fourth-order valence-electron chi connectivity index (χ4n) is 2.68. The van der Waals surface area contributed by atoms with Crippen LogP contribution in [0.2, 0.25) is 0 Å². The van der Waals surface area contributed by atoms with Crippen molar-refractivity contribution >= 4 is 11.6 Å². The molecule has 18 heavy (non-hydrogen) atoms. The lowest BCUT2D eigenvalue weighted by Crippen LogP contribution is -2.42. The number of nitrogens with two attached hydrogens (primary N) is 1. The first-order valence-electron chi connectivity index (χ1n) is 6.90. The molecule has 1 atom stereocenters. The molecule has 1 unspecified atom stereocenters. The minimum atomic E-state index is 0.132. The van der Waals surface area contributed by atoms with Gasteiger partial charge >= 0.3 is 0 Å². The number of likely N-dealkylation sites (tertiary alicyclic amines) is 1. The van der Waals surface area contributed by atoms with Crippen molar-refractivity contribution in [1.29, 1.82) is 0 Å². The minimum absolute atomic E-state index is 0.132. The van der Waals surface area contributed by atoms with E-state index in [0.717, 1.165) is 38.0 Å². The SMILES string of the molecule is CCCn1cc(N)cc1C(=O)N1CCCCC1C. The molecular weight excluding hydrogens is 226 g/mol. The van der Waals surface area contributed by atoms with Crippen molar-refractivity contribution in [2.24, 2.45) is 0 Å². The van der Waals surface area contributed by atoms with Crippen molar-refractivity contribution in [3.8, 4) is 0 Å². The van der Waals surface area contributed by atoms with Crippen LogP contribution < -0.4 is 5.73 Å². The van der Waals surface area contributed by atoms with Gasteiger partial charge in [-0.2, -0.15) is 0 Å². The van der Waals surface area contributed by atoms with Gasteiger partial charge in [-0.3, -0.25) is 4.79 Å². The van der Waals surface area contributed by atoms with Crippen molar-refractivity contribution in [1.82, 2.24) is 9.47 Å². The van der Waals surface area contributed by atoms with Crippen LogP contribution in [0.25, 0.3) is 0 Å². The Morgan fingerprint density at radius 3 is 2.94 bits per heavy atom. The molecule has 1 amide bonds. The van der Waals surface area contributed by atoms with Gasteiger partial charge < -0.3 is 15.2 Å². The summed E-state index contributed by atoms with van der Waals surface area (Å²) in [6.07, 6.45) is 6.31. The molecule has 2 N–H and O–H groups in total. The molecule has 0 aromatic carbocycles. The molecule has 1 fully saturated rings. The third-order valence-corrected chi connectivity index (χ3v) is 3.67. The molecule has 0 bridgehead atoms. The van der Waals surface area contributed by atoms with E-state index in [4.69, 9.17) is 5.73 Å². The normalized spacial score (nSPS) is 20.1. The van der Waals surface area contributed by atoms with E-state index in [1.807, 2.05) is 15.7 Å². The summed E-state index contributed by atoms with van der Waals surface area (Å²) < 4.78 is 1.99. The average molecular weight is 249 g/mol. The summed E-state index contributed by atoms with van der Waals surface area (Å²) in [6, 6.07) is 2.15. The van der Waals surface area contributed by atoms with E-state index in [1.165, 1.54) is 6.42 Å². The highest BCUT2D eigenvalue weighted by molar-refractivity contribution is 5.94. The van der Waals surface area contributed by atoms with Crippen LogP contribution in [-0.4, -0.2) is 28.0 Å². The van der Waals surface area contributed by atoms with Gasteiger partial charge in [-0.15, -0.1) is 0 Å². The number of nitrogen functional groups attached to an aromatic ring is 1. The molecule has 1 aliphatic heterocycles. The van der Waals surface area contributed by atoms with E-state index in [1.54, 1.807) is 6.07 Å². The average Bonchev–Trinajstić information content (AvgIpc) is 2.71. The highest BCUT2D eigenvalue weighted by atomic mass is 16.2.